The minimum absolute atomic E-state index is 0.135. The molecule has 0 heterocycles. The van der Waals surface area contributed by atoms with E-state index in [2.05, 4.69) is 42.6 Å². The average Bonchev–Trinajstić information content (AvgIpc) is 2.63. The van der Waals surface area contributed by atoms with Gasteiger partial charge in [-0.05, 0) is 36.2 Å². The number of hydrogen-bond acceptors (Lipinski definition) is 4. The molecule has 0 aromatic heterocycles. The van der Waals surface area contributed by atoms with Crippen molar-refractivity contribution in [3.05, 3.63) is 76.9 Å². The molecule has 5 heteroatoms. The van der Waals surface area contributed by atoms with Crippen molar-refractivity contribution < 1.29 is 9.90 Å². The summed E-state index contributed by atoms with van der Waals surface area (Å²) in [6.07, 6.45) is 1.49. The zero-order valence-electron chi connectivity index (χ0n) is 15.4. The van der Waals surface area contributed by atoms with Crippen molar-refractivity contribution in [1.82, 2.24) is 5.43 Å². The van der Waals surface area contributed by atoms with Gasteiger partial charge in [0.05, 0.1) is 12.0 Å². The third-order valence-electron chi connectivity index (χ3n) is 4.11. The number of amides is 1. The quantitative estimate of drug-likeness (QED) is 0.489. The zero-order chi connectivity index (χ0) is 19.2. The van der Waals surface area contributed by atoms with Crippen LogP contribution in [0.15, 0.2) is 59.7 Å². The molecule has 3 aromatic rings. The number of aryl methyl sites for hydroxylation is 2. The molecule has 1 amide bonds. The molecule has 3 aromatic carbocycles. The van der Waals surface area contributed by atoms with Crippen LogP contribution in [0, 0.1) is 13.8 Å². The van der Waals surface area contributed by atoms with Gasteiger partial charge in [-0.3, -0.25) is 4.79 Å². The second-order valence-electron chi connectivity index (χ2n) is 6.50. The van der Waals surface area contributed by atoms with Gasteiger partial charge in [0.25, 0.3) is 0 Å². The number of carbonyl (C=O) groups excluding carboxylic acids is 1. The maximum Gasteiger partial charge on any atom is 0.250 e. The summed E-state index contributed by atoms with van der Waals surface area (Å²) in [7, 11) is 0. The largest absolute Gasteiger partial charge is 0.507 e. The highest BCUT2D eigenvalue weighted by atomic mass is 32.2. The van der Waals surface area contributed by atoms with E-state index in [1.807, 2.05) is 30.3 Å². The molecule has 2 N–H and O–H groups in total. The SMILES string of the molecule is Cc1cc(C)cc(CSCC(=O)N/N=C\c2c(O)ccc3ccccc23)c1. The third kappa shape index (κ3) is 5.11. The van der Waals surface area contributed by atoms with Gasteiger partial charge in [-0.1, -0.05) is 59.7 Å². The van der Waals surface area contributed by atoms with Gasteiger partial charge < -0.3 is 5.11 Å². The number of aromatic hydroxyl groups is 1. The average molecular weight is 378 g/mol. The first-order valence-electron chi connectivity index (χ1n) is 8.70. The molecular weight excluding hydrogens is 356 g/mol. The van der Waals surface area contributed by atoms with Crippen molar-refractivity contribution in [2.45, 2.75) is 19.6 Å². The van der Waals surface area contributed by atoms with Gasteiger partial charge in [-0.2, -0.15) is 5.10 Å². The molecule has 0 aliphatic rings. The maximum absolute atomic E-state index is 12.0. The maximum atomic E-state index is 12.0. The van der Waals surface area contributed by atoms with E-state index in [4.69, 9.17) is 0 Å². The molecule has 0 radical (unpaired) electrons. The number of nitrogens with one attached hydrogen (secondary N) is 1. The minimum Gasteiger partial charge on any atom is -0.507 e. The van der Waals surface area contributed by atoms with Crippen LogP contribution in [0.25, 0.3) is 10.8 Å². The van der Waals surface area contributed by atoms with Crippen molar-refractivity contribution in [2.75, 3.05) is 5.75 Å². The van der Waals surface area contributed by atoms with E-state index >= 15 is 0 Å². The Morgan fingerprint density at radius 2 is 1.85 bits per heavy atom. The summed E-state index contributed by atoms with van der Waals surface area (Å²) in [5.74, 6) is 1.08. The lowest BCUT2D eigenvalue weighted by molar-refractivity contribution is -0.118. The van der Waals surface area contributed by atoms with Crippen LogP contribution in [-0.2, 0) is 10.5 Å². The molecule has 0 bridgehead atoms. The standard InChI is InChI=1S/C22H22N2O2S/c1-15-9-16(2)11-17(10-15)13-27-14-22(26)24-23-12-20-19-6-4-3-5-18(19)7-8-21(20)25/h3-12,25H,13-14H2,1-2H3,(H,24,26)/b23-12-. The smallest absolute Gasteiger partial charge is 0.250 e. The van der Waals surface area contributed by atoms with Crippen LogP contribution in [0.1, 0.15) is 22.3 Å². The van der Waals surface area contributed by atoms with Gasteiger partial charge in [-0.25, -0.2) is 5.43 Å². The van der Waals surface area contributed by atoms with Crippen LogP contribution >= 0.6 is 11.8 Å². The molecule has 27 heavy (non-hydrogen) atoms. The van der Waals surface area contributed by atoms with Gasteiger partial charge in [0, 0.05) is 11.3 Å². The number of hydrogen-bond donors (Lipinski definition) is 2. The Kier molecular flexibility index (Phi) is 6.14. The number of benzene rings is 3. The van der Waals surface area contributed by atoms with E-state index in [1.54, 1.807) is 17.8 Å². The fourth-order valence-electron chi connectivity index (χ4n) is 3.03. The Morgan fingerprint density at radius 1 is 1.11 bits per heavy atom. The second-order valence-corrected chi connectivity index (χ2v) is 7.49. The molecular formula is C22H22N2O2S. The van der Waals surface area contributed by atoms with Gasteiger partial charge in [0.15, 0.2) is 0 Å². The Balaban J connectivity index is 1.56. The first kappa shape index (κ1) is 19.0. The van der Waals surface area contributed by atoms with E-state index in [0.717, 1.165) is 16.5 Å². The summed E-state index contributed by atoms with van der Waals surface area (Å²) in [6, 6.07) is 17.6. The molecule has 0 aliphatic heterocycles. The number of hydrazone groups is 1. The highest BCUT2D eigenvalue weighted by molar-refractivity contribution is 7.99. The number of fused-ring (bicyclic) bond motifs is 1. The molecule has 0 fully saturated rings. The van der Waals surface area contributed by atoms with Crippen molar-refractivity contribution in [3.63, 3.8) is 0 Å². The first-order chi connectivity index (χ1) is 13.0. The number of nitrogens with zero attached hydrogens (tertiary/aromatic N) is 1. The van der Waals surface area contributed by atoms with Crippen LogP contribution < -0.4 is 5.43 Å². The summed E-state index contributed by atoms with van der Waals surface area (Å²) < 4.78 is 0. The van der Waals surface area contributed by atoms with Crippen LogP contribution in [-0.4, -0.2) is 23.0 Å². The van der Waals surface area contributed by atoms with Gasteiger partial charge in [-0.15, -0.1) is 11.8 Å². The predicted molar refractivity (Wildman–Crippen MR) is 113 cm³/mol. The van der Waals surface area contributed by atoms with E-state index in [-0.39, 0.29) is 11.7 Å². The Bertz CT molecular complexity index is 979. The molecule has 138 valence electrons. The Labute approximate surface area is 163 Å². The number of phenolic OH excluding ortho intramolecular Hbond substituents is 1. The molecule has 0 saturated heterocycles. The third-order valence-corrected chi connectivity index (χ3v) is 5.12. The van der Waals surface area contributed by atoms with Crippen LogP contribution in [0.5, 0.6) is 5.75 Å². The summed E-state index contributed by atoms with van der Waals surface area (Å²) in [5, 5.41) is 16.0. The molecule has 0 aliphatic carbocycles. The van der Waals surface area contributed by atoms with E-state index in [0.29, 0.717) is 11.3 Å². The highest BCUT2D eigenvalue weighted by Crippen LogP contribution is 2.25. The van der Waals surface area contributed by atoms with Crippen LogP contribution in [0.2, 0.25) is 0 Å². The minimum atomic E-state index is -0.166. The molecule has 0 spiro atoms. The van der Waals surface area contributed by atoms with Crippen LogP contribution in [0.4, 0.5) is 0 Å². The molecule has 0 unspecified atom stereocenters. The van der Waals surface area contributed by atoms with Gasteiger partial charge in [0.1, 0.15) is 5.75 Å². The van der Waals surface area contributed by atoms with E-state index in [1.165, 1.54) is 22.9 Å². The molecule has 3 rings (SSSR count). The zero-order valence-corrected chi connectivity index (χ0v) is 16.2. The summed E-state index contributed by atoms with van der Waals surface area (Å²) in [4.78, 5) is 12.0. The lowest BCUT2D eigenvalue weighted by Crippen LogP contribution is -2.19. The predicted octanol–water partition coefficient (Wildman–Crippen LogP) is 4.55. The van der Waals surface area contributed by atoms with Crippen molar-refractivity contribution in [2.24, 2.45) is 5.10 Å². The van der Waals surface area contributed by atoms with Gasteiger partial charge >= 0.3 is 0 Å². The van der Waals surface area contributed by atoms with E-state index in [9.17, 15) is 9.90 Å². The highest BCUT2D eigenvalue weighted by Gasteiger charge is 2.05. The number of thioether (sulfide) groups is 1. The van der Waals surface area contributed by atoms with Crippen molar-refractivity contribution in [3.8, 4) is 5.75 Å². The van der Waals surface area contributed by atoms with Crippen molar-refractivity contribution in [1.29, 1.82) is 0 Å². The molecule has 0 atom stereocenters. The summed E-state index contributed by atoms with van der Waals surface area (Å²) in [6.45, 7) is 4.15. The lowest BCUT2D eigenvalue weighted by atomic mass is 10.0. The summed E-state index contributed by atoms with van der Waals surface area (Å²) >= 11 is 1.55. The topological polar surface area (TPSA) is 61.7 Å². The number of rotatable bonds is 6. The summed E-state index contributed by atoms with van der Waals surface area (Å²) in [5.41, 5.74) is 6.80. The fraction of sp³-hybridized carbons (Fsp3) is 0.182. The Hall–Kier alpha value is -2.79. The molecule has 4 nitrogen and oxygen atoms in total. The van der Waals surface area contributed by atoms with Crippen molar-refractivity contribution >= 4 is 34.7 Å². The lowest BCUT2D eigenvalue weighted by Gasteiger charge is -2.06. The fourth-order valence-corrected chi connectivity index (χ4v) is 3.79. The normalized spacial score (nSPS) is 11.2. The molecule has 0 saturated carbocycles. The van der Waals surface area contributed by atoms with Crippen LogP contribution in [0.3, 0.4) is 0 Å². The second kappa shape index (κ2) is 8.73. The van der Waals surface area contributed by atoms with Gasteiger partial charge in [0.2, 0.25) is 5.91 Å². The van der Waals surface area contributed by atoms with E-state index < -0.39 is 0 Å². The first-order valence-corrected chi connectivity index (χ1v) is 9.86. The number of phenols is 1. The monoisotopic (exact) mass is 378 g/mol. The number of carbonyl (C=O) groups is 1. The Morgan fingerprint density at radius 3 is 2.63 bits per heavy atom.